The van der Waals surface area contributed by atoms with E-state index in [2.05, 4.69) is 23.1 Å². The van der Waals surface area contributed by atoms with Crippen LogP contribution in [0.5, 0.6) is 0 Å². The first-order valence-corrected chi connectivity index (χ1v) is 6.76. The molecule has 1 N–H and O–H groups in total. The van der Waals surface area contributed by atoms with Gasteiger partial charge in [-0.25, -0.2) is 0 Å². The Bertz CT molecular complexity index is 419. The van der Waals surface area contributed by atoms with Crippen molar-refractivity contribution in [2.45, 2.75) is 38.6 Å². The molecule has 1 fully saturated rings. The first-order valence-electron chi connectivity index (χ1n) is 6.76. The molecule has 0 saturated heterocycles. The molecule has 0 unspecified atom stereocenters. The third-order valence-electron chi connectivity index (χ3n) is 4.23. The zero-order valence-corrected chi connectivity index (χ0v) is 10.3. The highest BCUT2D eigenvalue weighted by atomic mass is 15.2. The maximum Gasteiger partial charge on any atom is 0.128 e. The lowest BCUT2D eigenvalue weighted by Crippen LogP contribution is -2.26. The third-order valence-corrected chi connectivity index (χ3v) is 4.23. The summed E-state index contributed by atoms with van der Waals surface area (Å²) in [5.74, 6) is 1.66. The Morgan fingerprint density at radius 3 is 2.71 bits per heavy atom. The lowest BCUT2D eigenvalue weighted by Gasteiger charge is -2.20. The first kappa shape index (κ1) is 10.8. The molecule has 0 spiro atoms. The van der Waals surface area contributed by atoms with Gasteiger partial charge >= 0.3 is 0 Å². The fourth-order valence-corrected chi connectivity index (χ4v) is 3.17. The van der Waals surface area contributed by atoms with Gasteiger partial charge in [-0.15, -0.1) is 0 Å². The van der Waals surface area contributed by atoms with Gasteiger partial charge in [-0.2, -0.15) is 0 Å². The van der Waals surface area contributed by atoms with E-state index in [9.17, 15) is 0 Å². The second-order valence-corrected chi connectivity index (χ2v) is 5.37. The Morgan fingerprint density at radius 2 is 1.94 bits per heavy atom. The molecular weight excluding hydrogens is 208 g/mol. The quantitative estimate of drug-likeness (QED) is 0.843. The molecule has 2 heteroatoms. The molecule has 17 heavy (non-hydrogen) atoms. The molecule has 0 aromatic heterocycles. The van der Waals surface area contributed by atoms with Crippen molar-refractivity contribution in [2.24, 2.45) is 5.92 Å². The largest absolute Gasteiger partial charge is 0.352 e. The van der Waals surface area contributed by atoms with Crippen LogP contribution in [0.1, 0.15) is 43.2 Å². The number of rotatable bonds is 3. The van der Waals surface area contributed by atoms with E-state index in [0.29, 0.717) is 0 Å². The van der Waals surface area contributed by atoms with Crippen LogP contribution in [-0.2, 0) is 6.54 Å². The summed E-state index contributed by atoms with van der Waals surface area (Å²) < 4.78 is 0. The summed E-state index contributed by atoms with van der Waals surface area (Å²) in [4.78, 5) is 2.24. The molecule has 1 aromatic carbocycles. The van der Waals surface area contributed by atoms with Gasteiger partial charge in [0.2, 0.25) is 0 Å². The van der Waals surface area contributed by atoms with Crippen molar-refractivity contribution in [1.29, 1.82) is 5.41 Å². The van der Waals surface area contributed by atoms with Gasteiger partial charge in [0.15, 0.2) is 0 Å². The Balaban J connectivity index is 1.61. The highest BCUT2D eigenvalue weighted by Crippen LogP contribution is 2.29. The van der Waals surface area contributed by atoms with Gasteiger partial charge < -0.3 is 4.90 Å². The third kappa shape index (κ3) is 2.08. The van der Waals surface area contributed by atoms with Crippen molar-refractivity contribution in [2.75, 3.05) is 6.54 Å². The molecule has 2 nitrogen and oxygen atoms in total. The van der Waals surface area contributed by atoms with Crippen LogP contribution in [0.25, 0.3) is 0 Å². The van der Waals surface area contributed by atoms with E-state index in [1.807, 2.05) is 6.07 Å². The molecule has 1 aliphatic carbocycles. The fourth-order valence-electron chi connectivity index (χ4n) is 3.17. The normalized spacial score (nSPS) is 20.0. The van der Waals surface area contributed by atoms with Crippen LogP contribution in [0.15, 0.2) is 24.3 Å². The molecule has 0 amide bonds. The van der Waals surface area contributed by atoms with Gasteiger partial charge in [0.25, 0.3) is 0 Å². The Hall–Kier alpha value is -1.31. The summed E-state index contributed by atoms with van der Waals surface area (Å²) in [5, 5.41) is 8.19. The monoisotopic (exact) mass is 228 g/mol. The number of nitrogens with one attached hydrogen (secondary N) is 1. The van der Waals surface area contributed by atoms with E-state index >= 15 is 0 Å². The molecule has 2 aliphatic rings. The van der Waals surface area contributed by atoms with E-state index in [1.165, 1.54) is 37.7 Å². The van der Waals surface area contributed by atoms with Gasteiger partial charge in [0.1, 0.15) is 5.84 Å². The first-order chi connectivity index (χ1) is 8.34. The van der Waals surface area contributed by atoms with E-state index in [1.54, 1.807) is 0 Å². The topological polar surface area (TPSA) is 27.1 Å². The SMILES string of the molecule is N=C1c2ccccc2CN1CCC1CCCC1. The minimum atomic E-state index is 0.735. The van der Waals surface area contributed by atoms with Crippen molar-refractivity contribution in [3.63, 3.8) is 0 Å². The van der Waals surface area contributed by atoms with E-state index in [-0.39, 0.29) is 0 Å². The molecule has 3 rings (SSSR count). The number of hydrogen-bond acceptors (Lipinski definition) is 1. The van der Waals surface area contributed by atoms with E-state index in [4.69, 9.17) is 5.41 Å². The van der Waals surface area contributed by atoms with Crippen LogP contribution in [0.3, 0.4) is 0 Å². The average Bonchev–Trinajstić information content (AvgIpc) is 2.96. The molecule has 1 aromatic rings. The van der Waals surface area contributed by atoms with E-state index in [0.717, 1.165) is 30.4 Å². The lowest BCUT2D eigenvalue weighted by molar-refractivity contribution is 0.367. The highest BCUT2D eigenvalue weighted by molar-refractivity contribution is 6.00. The second kappa shape index (κ2) is 4.52. The van der Waals surface area contributed by atoms with Crippen molar-refractivity contribution < 1.29 is 0 Å². The predicted molar refractivity (Wildman–Crippen MR) is 70.3 cm³/mol. The zero-order chi connectivity index (χ0) is 11.7. The van der Waals surface area contributed by atoms with Gasteiger partial charge in [0.05, 0.1) is 0 Å². The molecule has 0 radical (unpaired) electrons. The van der Waals surface area contributed by atoms with Gasteiger partial charge in [-0.1, -0.05) is 49.9 Å². The highest BCUT2D eigenvalue weighted by Gasteiger charge is 2.24. The summed E-state index contributed by atoms with van der Waals surface area (Å²) in [6.07, 6.45) is 6.93. The van der Waals surface area contributed by atoms with Crippen LogP contribution in [0.4, 0.5) is 0 Å². The maximum atomic E-state index is 8.19. The van der Waals surface area contributed by atoms with Crippen LogP contribution in [-0.4, -0.2) is 17.3 Å². The smallest absolute Gasteiger partial charge is 0.128 e. The Morgan fingerprint density at radius 1 is 1.18 bits per heavy atom. The Kier molecular flexibility index (Phi) is 2.87. The van der Waals surface area contributed by atoms with Crippen molar-refractivity contribution in [3.05, 3.63) is 35.4 Å². The van der Waals surface area contributed by atoms with Crippen LogP contribution in [0, 0.1) is 11.3 Å². The Labute approximate surface area is 103 Å². The molecule has 0 bridgehead atoms. The van der Waals surface area contributed by atoms with Crippen LogP contribution >= 0.6 is 0 Å². The van der Waals surface area contributed by atoms with Crippen LogP contribution < -0.4 is 0 Å². The van der Waals surface area contributed by atoms with E-state index < -0.39 is 0 Å². The number of hydrogen-bond donors (Lipinski definition) is 1. The molecule has 0 atom stereocenters. The predicted octanol–water partition coefficient (Wildman–Crippen LogP) is 3.41. The molecule has 1 heterocycles. The van der Waals surface area contributed by atoms with Gasteiger partial charge in [-0.05, 0) is 17.9 Å². The average molecular weight is 228 g/mol. The maximum absolute atomic E-state index is 8.19. The van der Waals surface area contributed by atoms with Gasteiger partial charge in [-0.3, -0.25) is 5.41 Å². The molecular formula is C15H20N2. The second-order valence-electron chi connectivity index (χ2n) is 5.37. The molecule has 1 saturated carbocycles. The number of nitrogens with zero attached hydrogens (tertiary/aromatic N) is 1. The van der Waals surface area contributed by atoms with Crippen LogP contribution in [0.2, 0.25) is 0 Å². The number of fused-ring (bicyclic) bond motifs is 1. The zero-order valence-electron chi connectivity index (χ0n) is 10.3. The summed E-state index contributed by atoms with van der Waals surface area (Å²) in [7, 11) is 0. The molecule has 90 valence electrons. The standard InChI is InChI=1S/C15H20N2/c16-15-14-8-4-3-7-13(14)11-17(15)10-9-12-5-1-2-6-12/h3-4,7-8,12,16H,1-2,5-6,9-11H2. The number of benzene rings is 1. The number of amidine groups is 1. The summed E-state index contributed by atoms with van der Waals surface area (Å²) in [6, 6.07) is 8.34. The van der Waals surface area contributed by atoms with Crippen molar-refractivity contribution in [1.82, 2.24) is 4.90 Å². The summed E-state index contributed by atoms with van der Waals surface area (Å²) in [6.45, 7) is 2.01. The minimum Gasteiger partial charge on any atom is -0.352 e. The molecule has 1 aliphatic heterocycles. The minimum absolute atomic E-state index is 0.735. The van der Waals surface area contributed by atoms with Crippen molar-refractivity contribution in [3.8, 4) is 0 Å². The lowest BCUT2D eigenvalue weighted by atomic mass is 10.0. The fraction of sp³-hybridized carbons (Fsp3) is 0.533. The summed E-state index contributed by atoms with van der Waals surface area (Å²) in [5.41, 5.74) is 2.46. The van der Waals surface area contributed by atoms with Gasteiger partial charge in [0, 0.05) is 18.7 Å². The van der Waals surface area contributed by atoms with Crippen molar-refractivity contribution >= 4 is 5.84 Å². The summed E-state index contributed by atoms with van der Waals surface area (Å²) >= 11 is 0.